The number of hydrogen-bond acceptors (Lipinski definition) is 4. The number of nitrogens with two attached hydrogens (primary N) is 1. The number of benzene rings is 1. The largest absolute Gasteiger partial charge is 0.351 e. The average Bonchev–Trinajstić information content (AvgIpc) is 2.60. The molecule has 0 spiro atoms. The highest BCUT2D eigenvalue weighted by molar-refractivity contribution is 6.04. The lowest BCUT2D eigenvalue weighted by molar-refractivity contribution is -0.123. The van der Waals surface area contributed by atoms with Crippen LogP contribution in [-0.4, -0.2) is 22.8 Å². The van der Waals surface area contributed by atoms with Crippen molar-refractivity contribution >= 4 is 29.9 Å². The van der Waals surface area contributed by atoms with Crippen LogP contribution in [0.3, 0.4) is 0 Å². The Bertz CT molecular complexity index is 690. The number of carbonyl (C=O) groups is 2. The van der Waals surface area contributed by atoms with Crippen LogP contribution in [0.4, 0.5) is 5.69 Å². The van der Waals surface area contributed by atoms with Crippen molar-refractivity contribution in [1.29, 1.82) is 0 Å². The van der Waals surface area contributed by atoms with Gasteiger partial charge in [0.05, 0.1) is 11.6 Å². The van der Waals surface area contributed by atoms with Gasteiger partial charge in [0.1, 0.15) is 0 Å². The lowest BCUT2D eigenvalue weighted by Crippen LogP contribution is -2.43. The SMILES string of the molecule is CC(C)[C@H](N)C(=O)NCc1ccc(NC(=O)c2cccnc2)cc1.Cl. The van der Waals surface area contributed by atoms with Crippen LogP contribution in [0, 0.1) is 5.92 Å². The minimum atomic E-state index is -0.511. The Morgan fingerprint density at radius 1 is 1.16 bits per heavy atom. The second-order valence-electron chi connectivity index (χ2n) is 5.88. The maximum Gasteiger partial charge on any atom is 0.257 e. The Morgan fingerprint density at radius 3 is 2.40 bits per heavy atom. The van der Waals surface area contributed by atoms with Crippen molar-refractivity contribution in [3.05, 3.63) is 59.9 Å². The summed E-state index contributed by atoms with van der Waals surface area (Å²) >= 11 is 0. The third-order valence-corrected chi connectivity index (χ3v) is 3.62. The summed E-state index contributed by atoms with van der Waals surface area (Å²) in [4.78, 5) is 27.8. The van der Waals surface area contributed by atoms with Crippen molar-refractivity contribution in [3.8, 4) is 0 Å². The Kier molecular flexibility index (Phi) is 8.04. The third-order valence-electron chi connectivity index (χ3n) is 3.62. The smallest absolute Gasteiger partial charge is 0.257 e. The van der Waals surface area contributed by atoms with E-state index in [9.17, 15) is 9.59 Å². The number of rotatable bonds is 6. The van der Waals surface area contributed by atoms with Crippen LogP contribution in [0.1, 0.15) is 29.8 Å². The van der Waals surface area contributed by atoms with Gasteiger partial charge in [0.15, 0.2) is 0 Å². The fraction of sp³-hybridized carbons (Fsp3) is 0.278. The van der Waals surface area contributed by atoms with Gasteiger partial charge >= 0.3 is 0 Å². The van der Waals surface area contributed by atoms with E-state index in [0.29, 0.717) is 17.8 Å². The highest BCUT2D eigenvalue weighted by atomic mass is 35.5. The summed E-state index contributed by atoms with van der Waals surface area (Å²) in [6.07, 6.45) is 3.13. The third kappa shape index (κ3) is 6.17. The quantitative estimate of drug-likeness (QED) is 0.734. The van der Waals surface area contributed by atoms with Gasteiger partial charge in [-0.15, -0.1) is 12.4 Å². The van der Waals surface area contributed by atoms with E-state index in [0.717, 1.165) is 5.56 Å². The van der Waals surface area contributed by atoms with Crippen LogP contribution < -0.4 is 16.4 Å². The summed E-state index contributed by atoms with van der Waals surface area (Å²) < 4.78 is 0. The number of nitrogens with one attached hydrogen (secondary N) is 2. The molecule has 0 saturated carbocycles. The van der Waals surface area contributed by atoms with E-state index in [1.165, 1.54) is 6.20 Å². The van der Waals surface area contributed by atoms with Crippen molar-refractivity contribution in [2.45, 2.75) is 26.4 Å². The Morgan fingerprint density at radius 2 is 1.84 bits per heavy atom. The van der Waals surface area contributed by atoms with Gasteiger partial charge < -0.3 is 16.4 Å². The molecule has 4 N–H and O–H groups in total. The summed E-state index contributed by atoms with van der Waals surface area (Å²) in [6, 6.07) is 10.2. The van der Waals surface area contributed by atoms with E-state index in [-0.39, 0.29) is 30.1 Å². The zero-order valence-corrected chi connectivity index (χ0v) is 15.0. The first-order valence-corrected chi connectivity index (χ1v) is 7.81. The minimum absolute atomic E-state index is 0. The molecule has 7 heteroatoms. The molecule has 6 nitrogen and oxygen atoms in total. The Hall–Kier alpha value is -2.44. The normalized spacial score (nSPS) is 11.4. The van der Waals surface area contributed by atoms with Gasteiger partial charge in [0.25, 0.3) is 5.91 Å². The maximum absolute atomic E-state index is 12.0. The topological polar surface area (TPSA) is 97.1 Å². The van der Waals surface area contributed by atoms with Crippen LogP contribution in [0.5, 0.6) is 0 Å². The molecule has 2 amide bonds. The Balaban J connectivity index is 0.00000312. The van der Waals surface area contributed by atoms with Crippen LogP contribution in [0.2, 0.25) is 0 Å². The standard InChI is InChI=1S/C18H22N4O2.ClH/c1-12(2)16(19)18(24)21-10-13-5-7-15(8-6-13)22-17(23)14-4-3-9-20-11-14;/h3-9,11-12,16H,10,19H2,1-2H3,(H,21,24)(H,22,23);1H/t16-;/m0./s1. The lowest BCUT2D eigenvalue weighted by Gasteiger charge is -2.15. The molecule has 0 radical (unpaired) electrons. The molecule has 1 atom stereocenters. The van der Waals surface area contributed by atoms with E-state index in [2.05, 4.69) is 15.6 Å². The van der Waals surface area contributed by atoms with Crippen molar-refractivity contribution in [1.82, 2.24) is 10.3 Å². The molecule has 2 rings (SSSR count). The monoisotopic (exact) mass is 362 g/mol. The number of carbonyl (C=O) groups excluding carboxylic acids is 2. The molecule has 0 saturated heterocycles. The van der Waals surface area contributed by atoms with E-state index in [4.69, 9.17) is 5.73 Å². The van der Waals surface area contributed by atoms with Gasteiger partial charge in [-0.25, -0.2) is 0 Å². The minimum Gasteiger partial charge on any atom is -0.351 e. The molecule has 1 heterocycles. The predicted octanol–water partition coefficient (Wildman–Crippen LogP) is 2.36. The van der Waals surface area contributed by atoms with Gasteiger partial charge in [-0.05, 0) is 35.7 Å². The molecule has 2 aromatic rings. The van der Waals surface area contributed by atoms with E-state index >= 15 is 0 Å². The van der Waals surface area contributed by atoms with Crippen LogP contribution in [-0.2, 0) is 11.3 Å². The number of pyridine rings is 1. The van der Waals surface area contributed by atoms with Crippen molar-refractivity contribution < 1.29 is 9.59 Å². The number of anilines is 1. The fourth-order valence-electron chi connectivity index (χ4n) is 2.02. The predicted molar refractivity (Wildman–Crippen MR) is 101 cm³/mol. The molecule has 134 valence electrons. The second kappa shape index (κ2) is 9.76. The average molecular weight is 363 g/mol. The van der Waals surface area contributed by atoms with Gasteiger partial charge in [-0.1, -0.05) is 26.0 Å². The van der Waals surface area contributed by atoms with Gasteiger partial charge in [-0.3, -0.25) is 14.6 Å². The fourth-order valence-corrected chi connectivity index (χ4v) is 2.02. The number of hydrogen-bond donors (Lipinski definition) is 3. The molecular weight excluding hydrogens is 340 g/mol. The number of amides is 2. The van der Waals surface area contributed by atoms with Crippen LogP contribution >= 0.6 is 12.4 Å². The summed E-state index contributed by atoms with van der Waals surface area (Å²) in [6.45, 7) is 4.21. The van der Waals surface area contributed by atoms with Crippen molar-refractivity contribution in [2.75, 3.05) is 5.32 Å². The summed E-state index contributed by atoms with van der Waals surface area (Å²) in [5.41, 5.74) is 7.90. The first kappa shape index (κ1) is 20.6. The van der Waals surface area contributed by atoms with Gasteiger partial charge in [0, 0.05) is 24.6 Å². The summed E-state index contributed by atoms with van der Waals surface area (Å²) in [5.74, 6) is -0.291. The number of nitrogens with zero attached hydrogens (tertiary/aromatic N) is 1. The molecule has 0 aliphatic heterocycles. The molecule has 0 fully saturated rings. The molecule has 0 bridgehead atoms. The molecule has 0 aliphatic rings. The zero-order valence-electron chi connectivity index (χ0n) is 14.2. The molecule has 0 unspecified atom stereocenters. The summed E-state index contributed by atoms with van der Waals surface area (Å²) in [7, 11) is 0. The van der Waals surface area contributed by atoms with Crippen molar-refractivity contribution in [2.24, 2.45) is 11.7 Å². The first-order chi connectivity index (χ1) is 11.5. The Labute approximate surface area is 153 Å². The maximum atomic E-state index is 12.0. The number of halogens is 1. The number of aromatic nitrogens is 1. The lowest BCUT2D eigenvalue weighted by atomic mass is 10.0. The van der Waals surface area contributed by atoms with Crippen molar-refractivity contribution in [3.63, 3.8) is 0 Å². The summed E-state index contributed by atoms with van der Waals surface area (Å²) in [5, 5.41) is 5.60. The van der Waals surface area contributed by atoms with Gasteiger partial charge in [0.2, 0.25) is 5.91 Å². The molecule has 1 aromatic carbocycles. The van der Waals surface area contributed by atoms with Crippen LogP contribution in [0.15, 0.2) is 48.8 Å². The van der Waals surface area contributed by atoms with E-state index in [1.807, 2.05) is 26.0 Å². The second-order valence-corrected chi connectivity index (χ2v) is 5.88. The highest BCUT2D eigenvalue weighted by Crippen LogP contribution is 2.11. The zero-order chi connectivity index (χ0) is 17.5. The van der Waals surface area contributed by atoms with Gasteiger partial charge in [-0.2, -0.15) is 0 Å². The van der Waals surface area contributed by atoms with E-state index < -0.39 is 6.04 Å². The highest BCUT2D eigenvalue weighted by Gasteiger charge is 2.16. The molecule has 1 aromatic heterocycles. The molecular formula is C18H23ClN4O2. The molecule has 0 aliphatic carbocycles. The van der Waals surface area contributed by atoms with Crippen LogP contribution in [0.25, 0.3) is 0 Å². The van der Waals surface area contributed by atoms with E-state index in [1.54, 1.807) is 30.5 Å². The molecule has 25 heavy (non-hydrogen) atoms. The first-order valence-electron chi connectivity index (χ1n) is 7.81.